The van der Waals surface area contributed by atoms with E-state index in [9.17, 15) is 13.6 Å². The predicted octanol–water partition coefficient (Wildman–Crippen LogP) is 1.47. The summed E-state index contributed by atoms with van der Waals surface area (Å²) in [7, 11) is 0. The van der Waals surface area contributed by atoms with Crippen LogP contribution in [-0.4, -0.2) is 40.6 Å². The van der Waals surface area contributed by atoms with Gasteiger partial charge in [0.15, 0.2) is 0 Å². The van der Waals surface area contributed by atoms with Gasteiger partial charge in [-0.15, -0.1) is 0 Å². The van der Waals surface area contributed by atoms with Gasteiger partial charge >= 0.3 is 0 Å². The fourth-order valence-corrected chi connectivity index (χ4v) is 2.28. The van der Waals surface area contributed by atoms with Crippen molar-refractivity contribution in [2.45, 2.75) is 13.1 Å². The number of carbonyl (C=O) groups is 1. The summed E-state index contributed by atoms with van der Waals surface area (Å²) in [6.45, 7) is 0.816. The van der Waals surface area contributed by atoms with Gasteiger partial charge in [-0.05, 0) is 29.3 Å². The summed E-state index contributed by atoms with van der Waals surface area (Å²) in [4.78, 5) is 17.8. The summed E-state index contributed by atoms with van der Waals surface area (Å²) in [5.41, 5.74) is 1.27. The van der Waals surface area contributed by atoms with E-state index in [0.717, 1.165) is 11.6 Å². The quantitative estimate of drug-likeness (QED) is 0.767. The van der Waals surface area contributed by atoms with Crippen molar-refractivity contribution in [3.8, 4) is 0 Å². The molecule has 128 valence electrons. The second kappa shape index (κ2) is 9.05. The Hall–Kier alpha value is -2.38. The van der Waals surface area contributed by atoms with Gasteiger partial charge in [0.2, 0.25) is 5.91 Å². The topological polar surface area (TPSA) is 65.5 Å². The van der Waals surface area contributed by atoms with Gasteiger partial charge in [0.1, 0.15) is 11.6 Å². The van der Waals surface area contributed by atoms with E-state index in [2.05, 4.69) is 10.3 Å². The Bertz CT molecular complexity index is 648. The number of pyridine rings is 1. The Morgan fingerprint density at radius 2 is 1.96 bits per heavy atom. The molecule has 24 heavy (non-hydrogen) atoms. The second-order valence-electron chi connectivity index (χ2n) is 5.35. The van der Waals surface area contributed by atoms with Gasteiger partial charge in [0.25, 0.3) is 0 Å². The summed E-state index contributed by atoms with van der Waals surface area (Å²) in [5.74, 6) is -1.66. The maximum Gasteiger partial charge on any atom is 0.234 e. The van der Waals surface area contributed by atoms with Gasteiger partial charge in [-0.25, -0.2) is 8.78 Å². The molecule has 0 saturated carbocycles. The van der Waals surface area contributed by atoms with Gasteiger partial charge in [-0.2, -0.15) is 0 Å². The lowest BCUT2D eigenvalue weighted by molar-refractivity contribution is -0.122. The lowest BCUT2D eigenvalue weighted by atomic mass is 10.2. The number of hydrogen-bond acceptors (Lipinski definition) is 4. The summed E-state index contributed by atoms with van der Waals surface area (Å²) in [6.07, 6.45) is 3.35. The number of hydrogen-bond donors (Lipinski definition) is 2. The van der Waals surface area contributed by atoms with Crippen LogP contribution >= 0.6 is 0 Å². The third-order valence-corrected chi connectivity index (χ3v) is 3.32. The van der Waals surface area contributed by atoms with E-state index >= 15 is 0 Å². The molecule has 0 fully saturated rings. The Morgan fingerprint density at radius 1 is 1.21 bits per heavy atom. The van der Waals surface area contributed by atoms with E-state index in [4.69, 9.17) is 5.11 Å². The Morgan fingerprint density at radius 3 is 2.58 bits per heavy atom. The van der Waals surface area contributed by atoms with Gasteiger partial charge in [-0.1, -0.05) is 6.07 Å². The van der Waals surface area contributed by atoms with Crippen LogP contribution in [0.3, 0.4) is 0 Å². The molecule has 0 bridgehead atoms. The molecule has 1 heterocycles. The highest BCUT2D eigenvalue weighted by Gasteiger charge is 2.11. The van der Waals surface area contributed by atoms with Crippen molar-refractivity contribution >= 4 is 5.91 Å². The molecule has 0 aliphatic heterocycles. The minimum absolute atomic E-state index is 0.0351. The van der Waals surface area contributed by atoms with Crippen LogP contribution in [0.4, 0.5) is 8.78 Å². The number of amides is 1. The molecule has 5 nitrogen and oxygen atoms in total. The van der Waals surface area contributed by atoms with Crippen LogP contribution in [0.15, 0.2) is 42.7 Å². The summed E-state index contributed by atoms with van der Waals surface area (Å²) in [5, 5.41) is 11.7. The first kappa shape index (κ1) is 18.0. The van der Waals surface area contributed by atoms with Crippen molar-refractivity contribution in [3.05, 3.63) is 65.5 Å². The van der Waals surface area contributed by atoms with Crippen LogP contribution in [0.25, 0.3) is 0 Å². The average molecular weight is 335 g/mol. The van der Waals surface area contributed by atoms with Crippen LogP contribution in [-0.2, 0) is 17.9 Å². The van der Waals surface area contributed by atoms with Crippen molar-refractivity contribution in [1.29, 1.82) is 0 Å². The average Bonchev–Trinajstić information content (AvgIpc) is 2.53. The summed E-state index contributed by atoms with van der Waals surface area (Å²) >= 11 is 0. The number of carbonyl (C=O) groups excluding carboxylic acids is 1. The van der Waals surface area contributed by atoms with E-state index in [0.29, 0.717) is 18.7 Å². The molecular weight excluding hydrogens is 316 g/mol. The van der Waals surface area contributed by atoms with Gasteiger partial charge < -0.3 is 10.4 Å². The van der Waals surface area contributed by atoms with Crippen LogP contribution in [0.1, 0.15) is 11.1 Å². The fourth-order valence-electron chi connectivity index (χ4n) is 2.28. The molecule has 0 saturated heterocycles. The highest BCUT2D eigenvalue weighted by Crippen LogP contribution is 2.08. The molecule has 2 N–H and O–H groups in total. The van der Waals surface area contributed by atoms with Crippen LogP contribution < -0.4 is 5.32 Å². The molecule has 1 aromatic carbocycles. The molecule has 0 unspecified atom stereocenters. The molecule has 0 atom stereocenters. The van der Waals surface area contributed by atoms with Crippen LogP contribution in [0, 0.1) is 11.6 Å². The van der Waals surface area contributed by atoms with E-state index in [-0.39, 0.29) is 25.6 Å². The third kappa shape index (κ3) is 6.02. The number of nitrogens with zero attached hydrogens (tertiary/aromatic N) is 2. The first-order chi connectivity index (χ1) is 11.6. The zero-order valence-corrected chi connectivity index (χ0v) is 13.1. The summed E-state index contributed by atoms with van der Waals surface area (Å²) < 4.78 is 26.2. The fraction of sp³-hybridized carbons (Fsp3) is 0.294. The minimum atomic E-state index is -0.683. The molecule has 1 aromatic heterocycles. The number of aliphatic hydroxyl groups is 1. The van der Waals surface area contributed by atoms with Crippen molar-refractivity contribution in [2.75, 3.05) is 19.7 Å². The van der Waals surface area contributed by atoms with Gasteiger partial charge in [0.05, 0.1) is 13.2 Å². The lowest BCUT2D eigenvalue weighted by Crippen LogP contribution is -2.38. The zero-order valence-electron chi connectivity index (χ0n) is 13.1. The standard InChI is InChI=1S/C17H19F2N3O2/c18-15-6-14(7-16(19)8-15)10-21-17(24)12-22(4-5-23)11-13-2-1-3-20-9-13/h1-3,6-9,23H,4-5,10-12H2,(H,21,24). The molecular formula is C17H19F2N3O2. The van der Waals surface area contributed by atoms with Crippen molar-refractivity contribution < 1.29 is 18.7 Å². The van der Waals surface area contributed by atoms with E-state index in [1.807, 2.05) is 6.07 Å². The first-order valence-corrected chi connectivity index (χ1v) is 7.50. The maximum absolute atomic E-state index is 13.1. The number of rotatable bonds is 8. The second-order valence-corrected chi connectivity index (χ2v) is 5.35. The SMILES string of the molecule is O=C(CN(CCO)Cc1cccnc1)NCc1cc(F)cc(F)c1. The molecule has 1 amide bonds. The Kier molecular flexibility index (Phi) is 6.77. The van der Waals surface area contributed by atoms with E-state index < -0.39 is 11.6 Å². The predicted molar refractivity (Wildman–Crippen MR) is 84.8 cm³/mol. The molecule has 0 aliphatic rings. The molecule has 2 rings (SSSR count). The molecule has 7 heteroatoms. The minimum Gasteiger partial charge on any atom is -0.395 e. The number of halogens is 2. The van der Waals surface area contributed by atoms with Crippen LogP contribution in [0.2, 0.25) is 0 Å². The van der Waals surface area contributed by atoms with Crippen molar-refractivity contribution in [2.24, 2.45) is 0 Å². The highest BCUT2D eigenvalue weighted by atomic mass is 19.1. The number of aliphatic hydroxyl groups excluding tert-OH is 1. The van der Waals surface area contributed by atoms with E-state index in [1.54, 1.807) is 23.4 Å². The highest BCUT2D eigenvalue weighted by molar-refractivity contribution is 5.78. The van der Waals surface area contributed by atoms with Crippen LogP contribution in [0.5, 0.6) is 0 Å². The normalized spacial score (nSPS) is 10.8. The summed E-state index contributed by atoms with van der Waals surface area (Å²) in [6, 6.07) is 6.80. The molecule has 0 spiro atoms. The first-order valence-electron chi connectivity index (χ1n) is 7.50. The Labute approximate surface area is 138 Å². The van der Waals surface area contributed by atoms with E-state index in [1.165, 1.54) is 12.1 Å². The third-order valence-electron chi connectivity index (χ3n) is 3.32. The van der Waals surface area contributed by atoms with Crippen molar-refractivity contribution in [1.82, 2.24) is 15.2 Å². The largest absolute Gasteiger partial charge is 0.395 e. The lowest BCUT2D eigenvalue weighted by Gasteiger charge is -2.20. The molecule has 0 radical (unpaired) electrons. The smallest absolute Gasteiger partial charge is 0.234 e. The number of benzene rings is 1. The molecule has 2 aromatic rings. The molecule has 0 aliphatic carbocycles. The zero-order chi connectivity index (χ0) is 17.4. The Balaban J connectivity index is 1.88. The number of nitrogens with one attached hydrogen (secondary N) is 1. The van der Waals surface area contributed by atoms with Gasteiger partial charge in [-0.3, -0.25) is 14.7 Å². The van der Waals surface area contributed by atoms with Crippen molar-refractivity contribution in [3.63, 3.8) is 0 Å². The van der Waals surface area contributed by atoms with Gasteiger partial charge in [0, 0.05) is 38.1 Å². The maximum atomic E-state index is 13.1. The number of aromatic nitrogens is 1. The monoisotopic (exact) mass is 335 g/mol.